The molecule has 1 rings (SSSR count). The van der Waals surface area contributed by atoms with Crippen LogP contribution < -0.4 is 19.5 Å². The molecule has 20 heavy (non-hydrogen) atoms. The highest BCUT2D eigenvalue weighted by molar-refractivity contribution is 7.89. The quantitative estimate of drug-likeness (QED) is 0.700. The van der Waals surface area contributed by atoms with Crippen molar-refractivity contribution in [3.05, 3.63) is 18.2 Å². The van der Waals surface area contributed by atoms with Gasteiger partial charge in [-0.3, -0.25) is 0 Å². The van der Waals surface area contributed by atoms with E-state index < -0.39 is 10.0 Å². The number of nitrogens with one attached hydrogen (secondary N) is 2. The van der Waals surface area contributed by atoms with Crippen LogP contribution in [0, 0.1) is 0 Å². The van der Waals surface area contributed by atoms with E-state index in [0.717, 1.165) is 0 Å². The number of benzene rings is 1. The van der Waals surface area contributed by atoms with Crippen molar-refractivity contribution in [1.82, 2.24) is 10.0 Å². The maximum atomic E-state index is 12.1. The van der Waals surface area contributed by atoms with E-state index in [2.05, 4.69) is 10.0 Å². The molecule has 0 spiro atoms. The van der Waals surface area contributed by atoms with E-state index in [-0.39, 0.29) is 4.90 Å². The lowest BCUT2D eigenvalue weighted by molar-refractivity contribution is 0.354. The van der Waals surface area contributed by atoms with Crippen molar-refractivity contribution in [2.75, 3.05) is 27.3 Å². The highest BCUT2D eigenvalue weighted by Gasteiger charge is 2.16. The molecule has 6 nitrogen and oxygen atoms in total. The molecule has 0 amide bonds. The molecule has 0 aliphatic rings. The van der Waals surface area contributed by atoms with E-state index >= 15 is 0 Å². The summed E-state index contributed by atoms with van der Waals surface area (Å²) in [6.45, 7) is 4.91. The largest absolute Gasteiger partial charge is 0.493 e. The molecule has 0 saturated carbocycles. The maximum Gasteiger partial charge on any atom is 0.240 e. The van der Waals surface area contributed by atoms with Crippen LogP contribution in [0.3, 0.4) is 0 Å². The summed E-state index contributed by atoms with van der Waals surface area (Å²) in [5.74, 6) is 0.878. The third-order valence-corrected chi connectivity index (χ3v) is 4.09. The number of hydrogen-bond donors (Lipinski definition) is 2. The lowest BCUT2D eigenvalue weighted by Crippen LogP contribution is -2.34. The molecule has 7 heteroatoms. The third kappa shape index (κ3) is 4.66. The average Bonchev–Trinajstić information content (AvgIpc) is 2.42. The number of rotatable bonds is 8. The molecule has 0 aromatic heterocycles. The Labute approximate surface area is 120 Å². The molecule has 1 aromatic rings. The Hall–Kier alpha value is -1.31. The zero-order chi connectivity index (χ0) is 15.2. The van der Waals surface area contributed by atoms with Gasteiger partial charge in [-0.15, -0.1) is 0 Å². The first-order chi connectivity index (χ1) is 9.40. The van der Waals surface area contributed by atoms with Crippen LogP contribution in [0.2, 0.25) is 0 Å². The van der Waals surface area contributed by atoms with Crippen LogP contribution in [0.4, 0.5) is 0 Å². The Balaban J connectivity index is 2.77. The molecule has 0 aliphatic carbocycles. The van der Waals surface area contributed by atoms with Gasteiger partial charge in [-0.1, -0.05) is 13.8 Å². The highest BCUT2D eigenvalue weighted by atomic mass is 32.2. The molecule has 0 saturated heterocycles. The van der Waals surface area contributed by atoms with Gasteiger partial charge in [0.1, 0.15) is 0 Å². The Bertz CT molecular complexity index is 529. The topological polar surface area (TPSA) is 76.7 Å². The summed E-state index contributed by atoms with van der Waals surface area (Å²) >= 11 is 0. The van der Waals surface area contributed by atoms with Gasteiger partial charge in [0.2, 0.25) is 10.0 Å². The molecule has 0 bridgehead atoms. The van der Waals surface area contributed by atoms with E-state index in [1.165, 1.54) is 26.4 Å². The molecule has 0 unspecified atom stereocenters. The molecule has 0 atom stereocenters. The summed E-state index contributed by atoms with van der Waals surface area (Å²) in [7, 11) is -0.573. The van der Waals surface area contributed by atoms with Crippen molar-refractivity contribution >= 4 is 10.0 Å². The Morgan fingerprint density at radius 1 is 1.10 bits per heavy atom. The lowest BCUT2D eigenvalue weighted by atomic mass is 10.3. The summed E-state index contributed by atoms with van der Waals surface area (Å²) in [5.41, 5.74) is 0. The van der Waals surface area contributed by atoms with Gasteiger partial charge >= 0.3 is 0 Å². The van der Waals surface area contributed by atoms with Crippen molar-refractivity contribution < 1.29 is 17.9 Å². The second kappa shape index (κ2) is 7.47. The van der Waals surface area contributed by atoms with Gasteiger partial charge in [0, 0.05) is 25.2 Å². The molecular weight excluding hydrogens is 280 g/mol. The van der Waals surface area contributed by atoms with Gasteiger partial charge < -0.3 is 14.8 Å². The first-order valence-electron chi connectivity index (χ1n) is 6.35. The van der Waals surface area contributed by atoms with Gasteiger partial charge in [0.15, 0.2) is 11.5 Å². The predicted octanol–water partition coefficient (Wildman–Crippen LogP) is 0.980. The zero-order valence-corrected chi connectivity index (χ0v) is 13.1. The fourth-order valence-electron chi connectivity index (χ4n) is 1.61. The summed E-state index contributed by atoms with van der Waals surface area (Å²) in [6.07, 6.45) is 0. The van der Waals surface area contributed by atoms with Crippen LogP contribution in [0.15, 0.2) is 23.1 Å². The summed E-state index contributed by atoms with van der Waals surface area (Å²) < 4.78 is 36.9. The molecule has 0 heterocycles. The van der Waals surface area contributed by atoms with Crippen LogP contribution in [0.5, 0.6) is 11.5 Å². The first kappa shape index (κ1) is 16.7. The minimum Gasteiger partial charge on any atom is -0.493 e. The van der Waals surface area contributed by atoms with Crippen LogP contribution in [-0.2, 0) is 10.0 Å². The SMILES string of the molecule is COc1ccc(S(=O)(=O)NCCNC(C)C)cc1OC. The standard InChI is InChI=1S/C13H22N2O4S/c1-10(2)14-7-8-15-20(16,17)11-5-6-12(18-3)13(9-11)19-4/h5-6,9-10,14-15H,7-8H2,1-4H3. The Morgan fingerprint density at radius 2 is 1.75 bits per heavy atom. The van der Waals surface area contributed by atoms with Crippen LogP contribution in [0.25, 0.3) is 0 Å². The summed E-state index contributed by atoms with van der Waals surface area (Å²) in [4.78, 5) is 0.152. The van der Waals surface area contributed by atoms with Crippen LogP contribution in [0.1, 0.15) is 13.8 Å². The molecule has 2 N–H and O–H groups in total. The Morgan fingerprint density at radius 3 is 2.30 bits per heavy atom. The van der Waals surface area contributed by atoms with Crippen LogP contribution >= 0.6 is 0 Å². The van der Waals surface area contributed by atoms with Crippen LogP contribution in [-0.4, -0.2) is 41.8 Å². The van der Waals surface area contributed by atoms with E-state index in [1.807, 2.05) is 13.8 Å². The van der Waals surface area contributed by atoms with Gasteiger partial charge in [-0.25, -0.2) is 13.1 Å². The highest BCUT2D eigenvalue weighted by Crippen LogP contribution is 2.29. The van der Waals surface area contributed by atoms with Crippen molar-refractivity contribution in [1.29, 1.82) is 0 Å². The van der Waals surface area contributed by atoms with Crippen molar-refractivity contribution in [2.45, 2.75) is 24.8 Å². The van der Waals surface area contributed by atoms with Gasteiger partial charge in [0.05, 0.1) is 19.1 Å². The lowest BCUT2D eigenvalue weighted by Gasteiger charge is -2.12. The smallest absolute Gasteiger partial charge is 0.240 e. The number of sulfonamides is 1. The minimum atomic E-state index is -3.54. The average molecular weight is 302 g/mol. The summed E-state index contributed by atoms with van der Waals surface area (Å²) in [6, 6.07) is 4.82. The second-order valence-corrected chi connectivity index (χ2v) is 6.29. The monoisotopic (exact) mass is 302 g/mol. The van der Waals surface area contributed by atoms with E-state index in [4.69, 9.17) is 9.47 Å². The molecule has 0 fully saturated rings. The fourth-order valence-corrected chi connectivity index (χ4v) is 2.66. The minimum absolute atomic E-state index is 0.152. The van der Waals surface area contributed by atoms with Gasteiger partial charge in [-0.05, 0) is 12.1 Å². The normalized spacial score (nSPS) is 11.7. The summed E-state index contributed by atoms with van der Waals surface area (Å²) in [5, 5.41) is 3.14. The molecular formula is C13H22N2O4S. The zero-order valence-electron chi connectivity index (χ0n) is 12.3. The number of ether oxygens (including phenoxy) is 2. The van der Waals surface area contributed by atoms with Gasteiger partial charge in [-0.2, -0.15) is 0 Å². The first-order valence-corrected chi connectivity index (χ1v) is 7.84. The number of hydrogen-bond acceptors (Lipinski definition) is 5. The molecule has 0 aliphatic heterocycles. The fraction of sp³-hybridized carbons (Fsp3) is 0.538. The number of methoxy groups -OCH3 is 2. The molecule has 0 radical (unpaired) electrons. The van der Waals surface area contributed by atoms with E-state index in [1.54, 1.807) is 6.07 Å². The van der Waals surface area contributed by atoms with E-state index in [9.17, 15) is 8.42 Å². The maximum absolute atomic E-state index is 12.1. The van der Waals surface area contributed by atoms with Crippen molar-refractivity contribution in [2.24, 2.45) is 0 Å². The third-order valence-electron chi connectivity index (χ3n) is 2.63. The van der Waals surface area contributed by atoms with Gasteiger partial charge in [0.25, 0.3) is 0 Å². The molecule has 1 aromatic carbocycles. The Kier molecular flexibility index (Phi) is 6.25. The molecule has 114 valence electrons. The van der Waals surface area contributed by atoms with Crippen molar-refractivity contribution in [3.63, 3.8) is 0 Å². The van der Waals surface area contributed by atoms with E-state index in [0.29, 0.717) is 30.6 Å². The predicted molar refractivity (Wildman–Crippen MR) is 77.9 cm³/mol. The van der Waals surface area contributed by atoms with Crippen molar-refractivity contribution in [3.8, 4) is 11.5 Å². The second-order valence-electron chi connectivity index (χ2n) is 4.52.